The van der Waals surface area contributed by atoms with Crippen LogP contribution in [0.25, 0.3) is 0 Å². The molecule has 1 aromatic rings. The van der Waals surface area contributed by atoms with E-state index in [2.05, 4.69) is 26.2 Å². The van der Waals surface area contributed by atoms with Crippen molar-refractivity contribution in [1.82, 2.24) is 4.98 Å². The molecule has 0 amide bonds. The van der Waals surface area contributed by atoms with E-state index in [1.165, 1.54) is 12.4 Å². The minimum absolute atomic E-state index is 0.0599. The molecule has 7 heteroatoms. The summed E-state index contributed by atoms with van der Waals surface area (Å²) in [7, 11) is 0. The fourth-order valence-corrected chi connectivity index (χ4v) is 1.66. The highest BCUT2D eigenvalue weighted by Crippen LogP contribution is 2.30. The number of rotatable bonds is 5. The molecule has 1 unspecified atom stereocenters. The van der Waals surface area contributed by atoms with Crippen molar-refractivity contribution in [2.24, 2.45) is 11.7 Å². The second-order valence-electron chi connectivity index (χ2n) is 4.06. The van der Waals surface area contributed by atoms with Gasteiger partial charge in [-0.2, -0.15) is 0 Å². The summed E-state index contributed by atoms with van der Waals surface area (Å²) in [5.41, 5.74) is 6.24. The van der Waals surface area contributed by atoms with E-state index in [9.17, 15) is 10.1 Å². The van der Waals surface area contributed by atoms with E-state index in [-0.39, 0.29) is 11.7 Å². The number of aromatic nitrogens is 1. The molecule has 0 bridgehead atoms. The van der Waals surface area contributed by atoms with Gasteiger partial charge in [-0.25, -0.2) is 0 Å². The number of nitrogens with two attached hydrogens (primary N) is 1. The van der Waals surface area contributed by atoms with Crippen molar-refractivity contribution in [3.8, 4) is 0 Å². The van der Waals surface area contributed by atoms with Crippen molar-refractivity contribution in [2.45, 2.75) is 19.9 Å². The lowest BCUT2D eigenvalue weighted by Crippen LogP contribution is -2.34. The fraction of sp³-hybridized carbons (Fsp3) is 0.500. The van der Waals surface area contributed by atoms with Crippen LogP contribution in [0.15, 0.2) is 16.9 Å². The average molecular weight is 303 g/mol. The quantitative estimate of drug-likeness (QED) is 0.642. The van der Waals surface area contributed by atoms with Gasteiger partial charge in [0, 0.05) is 18.8 Å². The summed E-state index contributed by atoms with van der Waals surface area (Å²) in [5.74, 6) is 0.308. The molecule has 0 saturated heterocycles. The molecule has 1 rings (SSSR count). The third-order valence-corrected chi connectivity index (χ3v) is 3.05. The van der Waals surface area contributed by atoms with Crippen molar-refractivity contribution in [3.63, 3.8) is 0 Å². The summed E-state index contributed by atoms with van der Waals surface area (Å²) in [4.78, 5) is 14.1. The summed E-state index contributed by atoms with van der Waals surface area (Å²) < 4.78 is 0.558. The van der Waals surface area contributed by atoms with Crippen LogP contribution in [0.2, 0.25) is 0 Å². The Morgan fingerprint density at radius 2 is 2.24 bits per heavy atom. The zero-order valence-electron chi connectivity index (χ0n) is 9.68. The Morgan fingerprint density at radius 3 is 2.76 bits per heavy atom. The Hall–Kier alpha value is -1.21. The fourth-order valence-electron chi connectivity index (χ4n) is 1.19. The second kappa shape index (κ2) is 5.92. The van der Waals surface area contributed by atoms with Crippen LogP contribution in [-0.2, 0) is 0 Å². The zero-order valence-corrected chi connectivity index (χ0v) is 11.3. The van der Waals surface area contributed by atoms with Gasteiger partial charge in [0.15, 0.2) is 0 Å². The Labute approximate surface area is 108 Å². The zero-order chi connectivity index (χ0) is 13.0. The minimum atomic E-state index is -0.471. The van der Waals surface area contributed by atoms with Gasteiger partial charge in [-0.15, -0.1) is 0 Å². The maximum Gasteiger partial charge on any atom is 0.311 e. The van der Waals surface area contributed by atoms with Crippen LogP contribution in [0.4, 0.5) is 11.4 Å². The highest BCUT2D eigenvalue weighted by Gasteiger charge is 2.18. The molecule has 0 saturated carbocycles. The van der Waals surface area contributed by atoms with Crippen LogP contribution in [0.5, 0.6) is 0 Å². The first kappa shape index (κ1) is 13.9. The van der Waals surface area contributed by atoms with Gasteiger partial charge >= 0.3 is 5.69 Å². The highest BCUT2D eigenvalue weighted by molar-refractivity contribution is 9.10. The molecule has 0 aromatic carbocycles. The van der Waals surface area contributed by atoms with Gasteiger partial charge in [0.25, 0.3) is 0 Å². The average Bonchev–Trinajstić information content (AvgIpc) is 2.26. The SMILES string of the molecule is CC(C)C(N)CNc1c(Br)cncc1[N+](=O)[O-]. The molecule has 6 nitrogen and oxygen atoms in total. The Balaban J connectivity index is 2.86. The van der Waals surface area contributed by atoms with Gasteiger partial charge in [-0.3, -0.25) is 15.1 Å². The first-order valence-electron chi connectivity index (χ1n) is 5.20. The van der Waals surface area contributed by atoms with Crippen LogP contribution in [0, 0.1) is 16.0 Å². The van der Waals surface area contributed by atoms with Gasteiger partial charge < -0.3 is 11.1 Å². The molecular weight excluding hydrogens is 288 g/mol. The second-order valence-corrected chi connectivity index (χ2v) is 4.92. The largest absolute Gasteiger partial charge is 0.377 e. The summed E-state index contributed by atoms with van der Waals surface area (Å²) in [6.45, 7) is 4.48. The normalized spacial score (nSPS) is 12.5. The Morgan fingerprint density at radius 1 is 1.59 bits per heavy atom. The number of nitrogens with zero attached hydrogens (tertiary/aromatic N) is 2. The lowest BCUT2D eigenvalue weighted by molar-refractivity contribution is -0.384. The number of pyridine rings is 1. The van der Waals surface area contributed by atoms with Gasteiger partial charge in [-0.05, 0) is 21.8 Å². The van der Waals surface area contributed by atoms with E-state index >= 15 is 0 Å². The number of nitrogens with one attached hydrogen (secondary N) is 1. The summed E-state index contributed by atoms with van der Waals surface area (Å²) in [6.07, 6.45) is 2.73. The first-order chi connectivity index (χ1) is 7.93. The third-order valence-electron chi connectivity index (χ3n) is 2.45. The van der Waals surface area contributed by atoms with E-state index in [0.717, 1.165) is 0 Å². The topological polar surface area (TPSA) is 94.1 Å². The molecule has 1 atom stereocenters. The molecular formula is C10H15BrN4O2. The molecule has 17 heavy (non-hydrogen) atoms. The smallest absolute Gasteiger partial charge is 0.311 e. The standard InChI is InChI=1S/C10H15BrN4O2/c1-6(2)8(12)4-14-10-7(11)3-13-5-9(10)15(16)17/h3,5-6,8H,4,12H2,1-2H3,(H,13,14). The maximum atomic E-state index is 10.8. The number of halogens is 1. The number of hydrogen-bond donors (Lipinski definition) is 2. The van der Waals surface area contributed by atoms with Crippen molar-refractivity contribution in [2.75, 3.05) is 11.9 Å². The molecule has 0 radical (unpaired) electrons. The summed E-state index contributed by atoms with van der Waals surface area (Å²) >= 11 is 3.23. The molecule has 1 heterocycles. The Bertz CT molecular complexity index is 411. The van der Waals surface area contributed by atoms with Crippen LogP contribution in [0.1, 0.15) is 13.8 Å². The molecule has 0 aliphatic rings. The number of hydrogen-bond acceptors (Lipinski definition) is 5. The maximum absolute atomic E-state index is 10.8. The van der Waals surface area contributed by atoms with Gasteiger partial charge in [-0.1, -0.05) is 13.8 Å². The van der Waals surface area contributed by atoms with Crippen molar-refractivity contribution < 1.29 is 4.92 Å². The summed E-state index contributed by atoms with van der Waals surface area (Å²) in [5, 5.41) is 13.8. The molecule has 0 aliphatic heterocycles. The van der Waals surface area contributed by atoms with E-state index in [1.807, 2.05) is 13.8 Å². The molecule has 0 aliphatic carbocycles. The van der Waals surface area contributed by atoms with Crippen molar-refractivity contribution in [1.29, 1.82) is 0 Å². The molecule has 0 spiro atoms. The minimum Gasteiger partial charge on any atom is -0.377 e. The first-order valence-corrected chi connectivity index (χ1v) is 6.00. The van der Waals surface area contributed by atoms with E-state index < -0.39 is 4.92 Å². The number of anilines is 1. The van der Waals surface area contributed by atoms with Gasteiger partial charge in [0.05, 0.1) is 9.40 Å². The van der Waals surface area contributed by atoms with Crippen molar-refractivity contribution in [3.05, 3.63) is 27.0 Å². The summed E-state index contributed by atoms with van der Waals surface area (Å²) in [6, 6.07) is -0.0605. The molecule has 3 N–H and O–H groups in total. The third kappa shape index (κ3) is 3.64. The van der Waals surface area contributed by atoms with Crippen LogP contribution in [0.3, 0.4) is 0 Å². The van der Waals surface area contributed by atoms with Crippen LogP contribution < -0.4 is 11.1 Å². The number of nitro groups is 1. The van der Waals surface area contributed by atoms with Gasteiger partial charge in [0.2, 0.25) is 0 Å². The highest BCUT2D eigenvalue weighted by atomic mass is 79.9. The molecule has 94 valence electrons. The van der Waals surface area contributed by atoms with E-state index in [1.54, 1.807) is 0 Å². The van der Waals surface area contributed by atoms with E-state index in [0.29, 0.717) is 22.6 Å². The molecule has 1 aromatic heterocycles. The lowest BCUT2D eigenvalue weighted by atomic mass is 10.1. The predicted molar refractivity (Wildman–Crippen MR) is 69.9 cm³/mol. The van der Waals surface area contributed by atoms with Gasteiger partial charge in [0.1, 0.15) is 11.9 Å². The van der Waals surface area contributed by atoms with Crippen molar-refractivity contribution >= 4 is 27.3 Å². The molecule has 0 fully saturated rings. The predicted octanol–water partition coefficient (Wildman–Crippen LogP) is 2.15. The van der Waals surface area contributed by atoms with E-state index in [4.69, 9.17) is 5.73 Å². The Kier molecular flexibility index (Phi) is 4.83. The lowest BCUT2D eigenvalue weighted by Gasteiger charge is -2.17. The van der Waals surface area contributed by atoms with Crippen LogP contribution >= 0.6 is 15.9 Å². The monoisotopic (exact) mass is 302 g/mol. The van der Waals surface area contributed by atoms with Crippen LogP contribution in [-0.4, -0.2) is 22.5 Å².